The zero-order valence-electron chi connectivity index (χ0n) is 15.1. The molecule has 27 heavy (non-hydrogen) atoms. The summed E-state index contributed by atoms with van der Waals surface area (Å²) in [7, 11) is 0. The minimum atomic E-state index is -0.179. The number of hydrogen-bond acceptors (Lipinski definition) is 2. The highest BCUT2D eigenvalue weighted by Gasteiger charge is 2.26. The van der Waals surface area contributed by atoms with Gasteiger partial charge in [0.05, 0.1) is 11.4 Å². The van der Waals surface area contributed by atoms with Crippen molar-refractivity contribution in [1.82, 2.24) is 9.78 Å². The van der Waals surface area contributed by atoms with Crippen LogP contribution in [-0.2, 0) is 4.79 Å². The SMILES string of the molecule is Cc1ccc(C)c(-n2nc(C)c(/C=C3/C(=O)Nc4ccc(Cl)cc43)c2Cl)c1. The number of rotatable bonds is 2. The number of anilines is 1. The van der Waals surface area contributed by atoms with Gasteiger partial charge in [0, 0.05) is 27.4 Å². The Morgan fingerprint density at radius 1 is 1.07 bits per heavy atom. The molecule has 2 aromatic carbocycles. The fourth-order valence-electron chi connectivity index (χ4n) is 3.23. The first kappa shape index (κ1) is 17.8. The van der Waals surface area contributed by atoms with E-state index in [2.05, 4.69) is 16.5 Å². The summed E-state index contributed by atoms with van der Waals surface area (Å²) < 4.78 is 1.72. The van der Waals surface area contributed by atoms with E-state index in [9.17, 15) is 4.79 Å². The summed E-state index contributed by atoms with van der Waals surface area (Å²) in [5, 5.41) is 8.50. The molecule has 1 amide bonds. The summed E-state index contributed by atoms with van der Waals surface area (Å²) in [4.78, 5) is 12.5. The third-order valence-corrected chi connectivity index (χ3v) is 5.29. The molecule has 1 aliphatic heterocycles. The quantitative estimate of drug-likeness (QED) is 0.572. The molecule has 0 atom stereocenters. The Kier molecular flexibility index (Phi) is 4.33. The molecule has 2 heterocycles. The molecule has 0 unspecified atom stereocenters. The van der Waals surface area contributed by atoms with Crippen LogP contribution in [-0.4, -0.2) is 15.7 Å². The van der Waals surface area contributed by atoms with Crippen molar-refractivity contribution in [2.75, 3.05) is 5.32 Å². The molecule has 0 saturated carbocycles. The van der Waals surface area contributed by atoms with Gasteiger partial charge in [-0.2, -0.15) is 5.10 Å². The molecule has 6 heteroatoms. The Morgan fingerprint density at radius 2 is 1.85 bits per heavy atom. The fraction of sp³-hybridized carbons (Fsp3) is 0.143. The Bertz CT molecular complexity index is 1130. The van der Waals surface area contributed by atoms with E-state index >= 15 is 0 Å². The smallest absolute Gasteiger partial charge is 0.256 e. The first-order chi connectivity index (χ1) is 12.8. The average molecular weight is 398 g/mol. The second kappa shape index (κ2) is 6.55. The molecule has 4 nitrogen and oxygen atoms in total. The summed E-state index contributed by atoms with van der Waals surface area (Å²) >= 11 is 12.8. The normalized spacial score (nSPS) is 14.6. The van der Waals surface area contributed by atoms with E-state index in [0.717, 1.165) is 39.3 Å². The number of hydrogen-bond donors (Lipinski definition) is 1. The Balaban J connectivity index is 1.87. The summed E-state index contributed by atoms with van der Waals surface area (Å²) in [6.07, 6.45) is 1.78. The maximum Gasteiger partial charge on any atom is 0.256 e. The Morgan fingerprint density at radius 3 is 2.63 bits per heavy atom. The van der Waals surface area contributed by atoms with E-state index in [1.807, 2.05) is 32.9 Å². The highest BCUT2D eigenvalue weighted by Crippen LogP contribution is 2.37. The van der Waals surface area contributed by atoms with Crippen LogP contribution in [0.15, 0.2) is 36.4 Å². The van der Waals surface area contributed by atoms with Crippen LogP contribution in [0.1, 0.15) is 27.9 Å². The molecular formula is C21H17Cl2N3O. The van der Waals surface area contributed by atoms with E-state index in [-0.39, 0.29) is 5.91 Å². The average Bonchev–Trinajstić information content (AvgIpc) is 3.08. The van der Waals surface area contributed by atoms with Gasteiger partial charge >= 0.3 is 0 Å². The number of carbonyl (C=O) groups is 1. The van der Waals surface area contributed by atoms with Gasteiger partial charge in [0.2, 0.25) is 0 Å². The number of amides is 1. The van der Waals surface area contributed by atoms with Crippen molar-refractivity contribution in [3.8, 4) is 5.69 Å². The van der Waals surface area contributed by atoms with Crippen LogP contribution in [0.3, 0.4) is 0 Å². The zero-order chi connectivity index (χ0) is 19.3. The van der Waals surface area contributed by atoms with Crippen LogP contribution in [0.2, 0.25) is 10.2 Å². The van der Waals surface area contributed by atoms with Crippen molar-refractivity contribution < 1.29 is 4.79 Å². The predicted molar refractivity (Wildman–Crippen MR) is 111 cm³/mol. The number of aryl methyl sites for hydroxylation is 3. The largest absolute Gasteiger partial charge is 0.321 e. The number of fused-ring (bicyclic) bond motifs is 1. The fourth-order valence-corrected chi connectivity index (χ4v) is 3.72. The van der Waals surface area contributed by atoms with Crippen LogP contribution >= 0.6 is 23.2 Å². The van der Waals surface area contributed by atoms with Gasteiger partial charge in [0.25, 0.3) is 5.91 Å². The molecule has 1 aliphatic rings. The van der Waals surface area contributed by atoms with Gasteiger partial charge in [-0.3, -0.25) is 4.79 Å². The maximum absolute atomic E-state index is 12.5. The van der Waals surface area contributed by atoms with Gasteiger partial charge in [-0.25, -0.2) is 4.68 Å². The van der Waals surface area contributed by atoms with Crippen molar-refractivity contribution >= 4 is 46.4 Å². The van der Waals surface area contributed by atoms with Crippen LogP contribution in [0.25, 0.3) is 17.3 Å². The molecule has 3 aromatic rings. The second-order valence-electron chi connectivity index (χ2n) is 6.69. The van der Waals surface area contributed by atoms with Gasteiger partial charge in [-0.1, -0.05) is 35.3 Å². The molecule has 0 bridgehead atoms. The van der Waals surface area contributed by atoms with Crippen molar-refractivity contribution in [3.05, 3.63) is 74.5 Å². The number of aromatic nitrogens is 2. The number of nitrogens with one attached hydrogen (secondary N) is 1. The minimum absolute atomic E-state index is 0.179. The van der Waals surface area contributed by atoms with Gasteiger partial charge in [0.15, 0.2) is 0 Å². The van der Waals surface area contributed by atoms with Crippen LogP contribution in [0.5, 0.6) is 0 Å². The Labute approximate surface area is 167 Å². The molecule has 4 rings (SSSR count). The van der Waals surface area contributed by atoms with Gasteiger partial charge in [-0.15, -0.1) is 0 Å². The summed E-state index contributed by atoms with van der Waals surface area (Å²) in [6.45, 7) is 5.92. The number of nitrogens with zero attached hydrogens (tertiary/aromatic N) is 2. The number of halogens is 2. The molecule has 0 spiro atoms. The lowest BCUT2D eigenvalue weighted by molar-refractivity contribution is -0.110. The molecular weight excluding hydrogens is 381 g/mol. The monoisotopic (exact) mass is 397 g/mol. The van der Waals surface area contributed by atoms with Crippen LogP contribution in [0, 0.1) is 20.8 Å². The molecule has 0 radical (unpaired) electrons. The van der Waals surface area contributed by atoms with Crippen molar-refractivity contribution in [1.29, 1.82) is 0 Å². The minimum Gasteiger partial charge on any atom is -0.321 e. The van der Waals surface area contributed by atoms with Crippen molar-refractivity contribution in [2.45, 2.75) is 20.8 Å². The third-order valence-electron chi connectivity index (χ3n) is 4.69. The summed E-state index contributed by atoms with van der Waals surface area (Å²) in [5.74, 6) is -0.179. The number of carbonyl (C=O) groups excluding carboxylic acids is 1. The topological polar surface area (TPSA) is 46.9 Å². The third kappa shape index (κ3) is 3.05. The van der Waals surface area contributed by atoms with E-state index < -0.39 is 0 Å². The number of benzene rings is 2. The van der Waals surface area contributed by atoms with Crippen molar-refractivity contribution in [2.24, 2.45) is 0 Å². The summed E-state index contributed by atoms with van der Waals surface area (Å²) in [6, 6.07) is 11.5. The van der Waals surface area contributed by atoms with Gasteiger partial charge in [-0.05, 0) is 62.2 Å². The Hall–Kier alpha value is -2.56. The standard InChI is InChI=1S/C21H17Cl2N3O/c1-11-4-5-12(2)19(8-11)26-20(23)15(13(3)25-26)10-17-16-9-14(22)6-7-18(16)24-21(17)27/h4-10H,1-3H3,(H,24,27)/b17-10+. The lowest BCUT2D eigenvalue weighted by atomic mass is 10.0. The lowest BCUT2D eigenvalue weighted by Crippen LogP contribution is -2.03. The predicted octanol–water partition coefficient (Wildman–Crippen LogP) is 5.60. The first-order valence-corrected chi connectivity index (χ1v) is 9.26. The van der Waals surface area contributed by atoms with Crippen LogP contribution in [0.4, 0.5) is 5.69 Å². The first-order valence-electron chi connectivity index (χ1n) is 8.51. The molecule has 1 aromatic heterocycles. The van der Waals surface area contributed by atoms with E-state index in [4.69, 9.17) is 23.2 Å². The maximum atomic E-state index is 12.5. The van der Waals surface area contributed by atoms with Gasteiger partial charge < -0.3 is 5.32 Å². The van der Waals surface area contributed by atoms with Crippen molar-refractivity contribution in [3.63, 3.8) is 0 Å². The molecule has 1 N–H and O–H groups in total. The second-order valence-corrected chi connectivity index (χ2v) is 7.49. The highest BCUT2D eigenvalue weighted by molar-refractivity contribution is 6.38. The highest BCUT2D eigenvalue weighted by atomic mass is 35.5. The van der Waals surface area contributed by atoms with E-state index in [1.54, 1.807) is 29.0 Å². The molecule has 136 valence electrons. The van der Waals surface area contributed by atoms with E-state index in [0.29, 0.717) is 15.7 Å². The lowest BCUT2D eigenvalue weighted by Gasteiger charge is -2.08. The molecule has 0 aliphatic carbocycles. The van der Waals surface area contributed by atoms with E-state index in [1.165, 1.54) is 0 Å². The van der Waals surface area contributed by atoms with Crippen LogP contribution < -0.4 is 5.32 Å². The summed E-state index contributed by atoms with van der Waals surface area (Å²) in [5.41, 5.74) is 6.62. The molecule has 0 saturated heterocycles. The molecule has 0 fully saturated rings. The van der Waals surface area contributed by atoms with Gasteiger partial charge in [0.1, 0.15) is 5.15 Å². The zero-order valence-corrected chi connectivity index (χ0v) is 16.6.